The molecule has 0 aliphatic carbocycles. The summed E-state index contributed by atoms with van der Waals surface area (Å²) in [5.41, 5.74) is 6.00. The van der Waals surface area contributed by atoms with Crippen molar-refractivity contribution in [2.75, 3.05) is 11.1 Å². The standard InChI is InChI=1S/C11H6Cl4N4O/c12-5-1-4(2-6(13)8(5)16)11(20)19-10-7(14)9(15)17-3-18-10/h1-3H,16H2,(H,17,18,19,20). The molecule has 1 amide bonds. The first kappa shape index (κ1) is 15.1. The molecule has 0 aliphatic rings. The van der Waals surface area contributed by atoms with Crippen LogP contribution in [0.25, 0.3) is 0 Å². The molecule has 0 fully saturated rings. The molecule has 0 aliphatic heterocycles. The molecule has 0 radical (unpaired) electrons. The number of hydrogen-bond donors (Lipinski definition) is 2. The predicted molar refractivity (Wildman–Crippen MR) is 80.9 cm³/mol. The van der Waals surface area contributed by atoms with Gasteiger partial charge in [-0.1, -0.05) is 46.4 Å². The minimum Gasteiger partial charge on any atom is -0.396 e. The largest absolute Gasteiger partial charge is 0.396 e. The van der Waals surface area contributed by atoms with Crippen LogP contribution in [0.4, 0.5) is 11.5 Å². The van der Waals surface area contributed by atoms with Crippen LogP contribution in [0.1, 0.15) is 10.4 Å². The van der Waals surface area contributed by atoms with Gasteiger partial charge >= 0.3 is 0 Å². The number of anilines is 2. The Labute approximate surface area is 134 Å². The SMILES string of the molecule is Nc1c(Cl)cc(C(=O)Nc2ncnc(Cl)c2Cl)cc1Cl. The van der Waals surface area contributed by atoms with Gasteiger partial charge in [0.2, 0.25) is 0 Å². The number of halogens is 4. The van der Waals surface area contributed by atoms with Crippen molar-refractivity contribution in [1.29, 1.82) is 0 Å². The fraction of sp³-hybridized carbons (Fsp3) is 0. The number of carbonyl (C=O) groups is 1. The number of benzene rings is 1. The van der Waals surface area contributed by atoms with Gasteiger partial charge in [0.25, 0.3) is 5.91 Å². The summed E-state index contributed by atoms with van der Waals surface area (Å²) in [5, 5.41) is 2.90. The highest BCUT2D eigenvalue weighted by Gasteiger charge is 2.14. The van der Waals surface area contributed by atoms with E-state index >= 15 is 0 Å². The Morgan fingerprint density at radius 1 is 1.10 bits per heavy atom. The summed E-state index contributed by atoms with van der Waals surface area (Å²) in [4.78, 5) is 19.6. The molecule has 3 N–H and O–H groups in total. The van der Waals surface area contributed by atoms with E-state index in [1.807, 2.05) is 0 Å². The Balaban J connectivity index is 2.31. The van der Waals surface area contributed by atoms with Crippen LogP contribution in [-0.4, -0.2) is 15.9 Å². The number of carbonyl (C=O) groups excluding carboxylic acids is 1. The van der Waals surface area contributed by atoms with Gasteiger partial charge in [0.15, 0.2) is 11.0 Å². The van der Waals surface area contributed by atoms with Crippen LogP contribution in [0.2, 0.25) is 20.2 Å². The summed E-state index contributed by atoms with van der Waals surface area (Å²) in [7, 11) is 0. The molecule has 1 heterocycles. The van der Waals surface area contributed by atoms with Crippen molar-refractivity contribution in [1.82, 2.24) is 9.97 Å². The van der Waals surface area contributed by atoms with Crippen LogP contribution in [0.5, 0.6) is 0 Å². The lowest BCUT2D eigenvalue weighted by Crippen LogP contribution is -2.14. The topological polar surface area (TPSA) is 80.9 Å². The second kappa shape index (κ2) is 6.01. The third-order valence-electron chi connectivity index (χ3n) is 2.32. The normalized spacial score (nSPS) is 10.4. The summed E-state index contributed by atoms with van der Waals surface area (Å²) in [6.07, 6.45) is 1.17. The fourth-order valence-corrected chi connectivity index (χ4v) is 2.10. The molecular formula is C11H6Cl4N4O. The van der Waals surface area contributed by atoms with Crippen molar-refractivity contribution < 1.29 is 4.79 Å². The summed E-state index contributed by atoms with van der Waals surface area (Å²) >= 11 is 23.3. The number of nitrogens with zero attached hydrogens (tertiary/aromatic N) is 2. The highest BCUT2D eigenvalue weighted by Crippen LogP contribution is 2.30. The average molecular weight is 352 g/mol. The molecule has 0 spiro atoms. The molecule has 0 saturated carbocycles. The van der Waals surface area contributed by atoms with E-state index in [0.717, 1.165) is 0 Å². The first-order chi connectivity index (χ1) is 9.40. The van der Waals surface area contributed by atoms with Gasteiger partial charge in [-0.2, -0.15) is 0 Å². The lowest BCUT2D eigenvalue weighted by molar-refractivity contribution is 0.102. The first-order valence-electron chi connectivity index (χ1n) is 5.12. The van der Waals surface area contributed by atoms with Crippen molar-refractivity contribution in [3.05, 3.63) is 44.2 Å². The summed E-state index contributed by atoms with van der Waals surface area (Å²) in [6, 6.07) is 2.77. The van der Waals surface area contributed by atoms with Crippen molar-refractivity contribution in [2.45, 2.75) is 0 Å². The molecule has 1 aromatic carbocycles. The third-order valence-corrected chi connectivity index (χ3v) is 3.69. The van der Waals surface area contributed by atoms with Crippen LogP contribution in [0, 0.1) is 0 Å². The van der Waals surface area contributed by atoms with Gasteiger partial charge in [0.05, 0.1) is 15.7 Å². The van der Waals surface area contributed by atoms with Gasteiger partial charge in [-0.3, -0.25) is 4.79 Å². The van der Waals surface area contributed by atoms with E-state index < -0.39 is 5.91 Å². The molecule has 2 aromatic rings. The van der Waals surface area contributed by atoms with E-state index in [2.05, 4.69) is 15.3 Å². The molecule has 0 bridgehead atoms. The summed E-state index contributed by atoms with van der Waals surface area (Å²) in [5.74, 6) is -0.425. The minimum atomic E-state index is -0.509. The number of amides is 1. The maximum Gasteiger partial charge on any atom is 0.256 e. The monoisotopic (exact) mass is 350 g/mol. The quantitative estimate of drug-likeness (QED) is 0.634. The van der Waals surface area contributed by atoms with Crippen molar-refractivity contribution in [3.63, 3.8) is 0 Å². The predicted octanol–water partition coefficient (Wildman–Crippen LogP) is 3.92. The van der Waals surface area contributed by atoms with E-state index in [1.54, 1.807) is 0 Å². The number of nitrogens with two attached hydrogens (primary N) is 1. The van der Waals surface area contributed by atoms with Crippen molar-refractivity contribution in [2.24, 2.45) is 0 Å². The van der Waals surface area contributed by atoms with Crippen molar-refractivity contribution in [3.8, 4) is 0 Å². The number of hydrogen-bond acceptors (Lipinski definition) is 4. The zero-order valence-corrected chi connectivity index (χ0v) is 12.6. The molecule has 0 unspecified atom stereocenters. The van der Waals surface area contributed by atoms with E-state index in [-0.39, 0.29) is 37.3 Å². The van der Waals surface area contributed by atoms with Gasteiger partial charge in [0, 0.05) is 5.56 Å². The Morgan fingerprint density at radius 2 is 1.70 bits per heavy atom. The molecule has 9 heteroatoms. The maximum absolute atomic E-state index is 12.1. The molecule has 0 atom stereocenters. The van der Waals surface area contributed by atoms with Crippen LogP contribution in [0.3, 0.4) is 0 Å². The fourth-order valence-electron chi connectivity index (χ4n) is 1.33. The Kier molecular flexibility index (Phi) is 4.55. The molecule has 20 heavy (non-hydrogen) atoms. The Bertz CT molecular complexity index is 669. The van der Waals surface area contributed by atoms with Gasteiger partial charge in [-0.15, -0.1) is 0 Å². The summed E-state index contributed by atoms with van der Waals surface area (Å²) in [6.45, 7) is 0. The molecular weight excluding hydrogens is 346 g/mol. The van der Waals surface area contributed by atoms with E-state index in [4.69, 9.17) is 52.1 Å². The maximum atomic E-state index is 12.1. The second-order valence-electron chi connectivity index (χ2n) is 3.63. The molecule has 5 nitrogen and oxygen atoms in total. The molecule has 1 aromatic heterocycles. The lowest BCUT2D eigenvalue weighted by atomic mass is 10.2. The van der Waals surface area contributed by atoms with E-state index in [9.17, 15) is 4.79 Å². The number of nitrogens with one attached hydrogen (secondary N) is 1. The van der Waals surface area contributed by atoms with Crippen molar-refractivity contribution >= 4 is 63.8 Å². The highest BCUT2D eigenvalue weighted by atomic mass is 35.5. The minimum absolute atomic E-state index is 0.0327. The zero-order chi connectivity index (χ0) is 14.9. The third kappa shape index (κ3) is 3.07. The van der Waals surface area contributed by atoms with Gasteiger partial charge < -0.3 is 11.1 Å². The Hall–Kier alpha value is -1.27. The summed E-state index contributed by atoms with van der Waals surface area (Å²) < 4.78 is 0. The number of aromatic nitrogens is 2. The zero-order valence-electron chi connectivity index (χ0n) is 9.62. The second-order valence-corrected chi connectivity index (χ2v) is 5.19. The van der Waals surface area contributed by atoms with Crippen LogP contribution < -0.4 is 11.1 Å². The van der Waals surface area contributed by atoms with Gasteiger partial charge in [-0.05, 0) is 12.1 Å². The van der Waals surface area contributed by atoms with E-state index in [1.165, 1.54) is 18.5 Å². The van der Waals surface area contributed by atoms with E-state index in [0.29, 0.717) is 0 Å². The lowest BCUT2D eigenvalue weighted by Gasteiger charge is -2.08. The van der Waals surface area contributed by atoms with Gasteiger partial charge in [-0.25, -0.2) is 9.97 Å². The average Bonchev–Trinajstić information content (AvgIpc) is 2.40. The van der Waals surface area contributed by atoms with Crippen LogP contribution >= 0.6 is 46.4 Å². The number of rotatable bonds is 2. The molecule has 2 rings (SSSR count). The molecule has 104 valence electrons. The number of nitrogen functional groups attached to an aromatic ring is 1. The Morgan fingerprint density at radius 3 is 2.30 bits per heavy atom. The van der Waals surface area contributed by atoms with Gasteiger partial charge in [0.1, 0.15) is 11.3 Å². The first-order valence-corrected chi connectivity index (χ1v) is 6.63. The van der Waals surface area contributed by atoms with Crippen LogP contribution in [-0.2, 0) is 0 Å². The highest BCUT2D eigenvalue weighted by molar-refractivity contribution is 6.43. The molecule has 0 saturated heterocycles. The smallest absolute Gasteiger partial charge is 0.256 e. The van der Waals surface area contributed by atoms with Crippen LogP contribution in [0.15, 0.2) is 18.5 Å².